The van der Waals surface area contributed by atoms with Gasteiger partial charge in [-0.2, -0.15) is 13.2 Å². The molecule has 1 fully saturated rings. The molecule has 2 heterocycles. The third-order valence-corrected chi connectivity index (χ3v) is 8.17. The molecule has 0 aliphatic carbocycles. The summed E-state index contributed by atoms with van der Waals surface area (Å²) in [5.74, 6) is -6.16. The molecule has 2 atom stereocenters. The fourth-order valence-electron chi connectivity index (χ4n) is 5.50. The number of hydrogen-bond acceptors (Lipinski definition) is 5. The second kappa shape index (κ2) is 13.0. The number of carboxylic acid groups (broad SMARTS) is 1. The molecule has 0 saturated carbocycles. The van der Waals surface area contributed by atoms with Crippen molar-refractivity contribution in [2.45, 2.75) is 37.5 Å². The molecule has 1 saturated heterocycles. The van der Waals surface area contributed by atoms with Crippen LogP contribution in [0.5, 0.6) is 5.75 Å². The fourth-order valence-corrected chi connectivity index (χ4v) is 6.16. The summed E-state index contributed by atoms with van der Waals surface area (Å²) in [5, 5.41) is 12.1. The highest BCUT2D eigenvalue weighted by molar-refractivity contribution is 6.39. The minimum Gasteiger partial charge on any atom is -0.493 e. The Morgan fingerprint density at radius 2 is 1.71 bits per heavy atom. The number of nitrogens with zero attached hydrogens (tertiary/aromatic N) is 1. The minimum atomic E-state index is -4.75. The number of alkyl halides is 3. The van der Waals surface area contributed by atoms with E-state index in [1.54, 1.807) is 12.1 Å². The Labute approximate surface area is 262 Å². The maximum Gasteiger partial charge on any atom is 0.411 e. The van der Waals surface area contributed by atoms with E-state index in [-0.39, 0.29) is 29.6 Å². The first-order chi connectivity index (χ1) is 21.3. The molecule has 2 aliphatic rings. The Hall–Kier alpha value is -3.68. The highest BCUT2D eigenvalue weighted by atomic mass is 35.5. The molecule has 3 aromatic rings. The number of carbonyl (C=O) groups excluding carboxylic acids is 1. The number of halogens is 8. The van der Waals surface area contributed by atoms with Gasteiger partial charge in [-0.05, 0) is 48.2 Å². The predicted molar refractivity (Wildman–Crippen MR) is 153 cm³/mol. The van der Waals surface area contributed by atoms with Crippen molar-refractivity contribution in [1.82, 2.24) is 5.32 Å². The third-order valence-electron chi connectivity index (χ3n) is 7.57. The highest BCUT2D eigenvalue weighted by Crippen LogP contribution is 2.44. The quantitative estimate of drug-likeness (QED) is 0.275. The van der Waals surface area contributed by atoms with E-state index >= 15 is 8.78 Å². The van der Waals surface area contributed by atoms with Gasteiger partial charge in [-0.25, -0.2) is 18.0 Å². The van der Waals surface area contributed by atoms with Crippen LogP contribution >= 0.6 is 23.2 Å². The van der Waals surface area contributed by atoms with Crippen LogP contribution in [0.25, 0.3) is 11.1 Å². The molecule has 0 bridgehead atoms. The van der Waals surface area contributed by atoms with Crippen LogP contribution in [0, 0.1) is 17.5 Å². The fraction of sp³-hybridized carbons (Fsp3) is 0.333. The minimum absolute atomic E-state index is 0.0254. The van der Waals surface area contributed by atoms with Gasteiger partial charge in [-0.3, -0.25) is 4.79 Å². The Kier molecular flexibility index (Phi) is 9.43. The van der Waals surface area contributed by atoms with Gasteiger partial charge in [0.15, 0.2) is 0 Å². The van der Waals surface area contributed by atoms with Crippen molar-refractivity contribution >= 4 is 40.8 Å². The van der Waals surface area contributed by atoms with Crippen LogP contribution in [0.15, 0.2) is 36.4 Å². The number of hydrogen-bond donors (Lipinski definition) is 2. The van der Waals surface area contributed by atoms with Crippen molar-refractivity contribution in [3.63, 3.8) is 0 Å². The van der Waals surface area contributed by atoms with Crippen LogP contribution in [-0.4, -0.2) is 61.6 Å². The number of rotatable bonds is 7. The van der Waals surface area contributed by atoms with E-state index in [1.807, 2.05) is 0 Å². The number of aliphatic carboxylic acids is 1. The molecule has 0 aromatic heterocycles. The molecule has 0 radical (unpaired) electrons. The summed E-state index contributed by atoms with van der Waals surface area (Å²) in [6, 6.07) is 2.66. The SMILES string of the molecule is O=C(NC(Cc1ccc(-c2c(Cl)cc(F)cc2Cl)c2c1CCCO2)C(=O)O)c1c(F)cc(N2CCOC[C@@H]2C(F)(F)F)cc1F. The van der Waals surface area contributed by atoms with Crippen molar-refractivity contribution in [1.29, 1.82) is 0 Å². The van der Waals surface area contributed by atoms with E-state index < -0.39 is 65.4 Å². The second-order valence-electron chi connectivity index (χ2n) is 10.5. The van der Waals surface area contributed by atoms with Gasteiger partial charge in [0, 0.05) is 29.8 Å². The lowest BCUT2D eigenvalue weighted by molar-refractivity contribution is -0.167. The lowest BCUT2D eigenvalue weighted by Gasteiger charge is -2.38. The van der Waals surface area contributed by atoms with E-state index in [0.717, 1.165) is 17.0 Å². The number of ether oxygens (including phenoxy) is 2. The molecule has 3 aromatic carbocycles. The monoisotopic (exact) mass is 676 g/mol. The number of amides is 1. The van der Waals surface area contributed by atoms with Crippen molar-refractivity contribution in [3.05, 3.63) is 80.6 Å². The summed E-state index contributed by atoms with van der Waals surface area (Å²) in [6.45, 7) is -0.837. The van der Waals surface area contributed by atoms with Gasteiger partial charge in [-0.15, -0.1) is 0 Å². The van der Waals surface area contributed by atoms with Crippen LogP contribution < -0.4 is 15.0 Å². The Morgan fingerprint density at radius 1 is 1.04 bits per heavy atom. The Balaban J connectivity index is 1.42. The van der Waals surface area contributed by atoms with Gasteiger partial charge in [0.05, 0.1) is 29.9 Å². The molecule has 2 aliphatic heterocycles. The first-order valence-electron chi connectivity index (χ1n) is 13.6. The van der Waals surface area contributed by atoms with Gasteiger partial charge in [0.2, 0.25) is 0 Å². The van der Waals surface area contributed by atoms with Gasteiger partial charge in [-0.1, -0.05) is 35.3 Å². The third kappa shape index (κ3) is 6.80. The molecule has 5 rings (SSSR count). The van der Waals surface area contributed by atoms with Crippen molar-refractivity contribution in [2.75, 3.05) is 31.3 Å². The summed E-state index contributed by atoms with van der Waals surface area (Å²) >= 11 is 12.5. The second-order valence-corrected chi connectivity index (χ2v) is 11.3. The maximum atomic E-state index is 15.1. The van der Waals surface area contributed by atoms with Crippen LogP contribution in [0.4, 0.5) is 32.0 Å². The summed E-state index contributed by atoms with van der Waals surface area (Å²) in [4.78, 5) is 25.9. The standard InChI is InChI=1S/C30H24Cl2F6N2O5/c31-19-9-15(33)10-20(32)25(19)18-4-3-14(17-2-1-6-45-27(17)18)8-23(29(42)43)39-28(41)26-21(34)11-16(12-22(26)35)40-5-7-44-13-24(40)30(36,37)38/h3-4,9-12,23-24H,1-2,5-8,13H2,(H,39,41)(H,42,43)/t23?,24-/m1/s1. The molecule has 1 amide bonds. The normalized spacial score (nSPS) is 17.3. The maximum absolute atomic E-state index is 15.1. The molecule has 45 heavy (non-hydrogen) atoms. The molecule has 2 N–H and O–H groups in total. The van der Waals surface area contributed by atoms with Gasteiger partial charge < -0.3 is 24.8 Å². The number of fused-ring (bicyclic) bond motifs is 1. The smallest absolute Gasteiger partial charge is 0.411 e. The first-order valence-corrected chi connectivity index (χ1v) is 14.4. The first kappa shape index (κ1) is 32.7. The molecular formula is C30H24Cl2F6N2O5. The lowest BCUT2D eigenvalue weighted by Crippen LogP contribution is -2.53. The van der Waals surface area contributed by atoms with Crippen LogP contribution in [-0.2, 0) is 22.4 Å². The molecule has 7 nitrogen and oxygen atoms in total. The molecular weight excluding hydrogens is 653 g/mol. The Bertz CT molecular complexity index is 1610. The number of benzene rings is 3. The number of nitrogens with one attached hydrogen (secondary N) is 1. The van der Waals surface area contributed by atoms with E-state index in [0.29, 0.717) is 59.6 Å². The zero-order valence-electron chi connectivity index (χ0n) is 23.1. The number of anilines is 1. The molecule has 1 unspecified atom stereocenters. The number of morpholine rings is 1. The average molecular weight is 677 g/mol. The summed E-state index contributed by atoms with van der Waals surface area (Å²) in [7, 11) is 0. The number of carbonyl (C=O) groups is 2. The van der Waals surface area contributed by atoms with Gasteiger partial charge in [0.1, 0.15) is 40.8 Å². The largest absolute Gasteiger partial charge is 0.493 e. The zero-order valence-corrected chi connectivity index (χ0v) is 24.6. The topological polar surface area (TPSA) is 88.1 Å². The molecule has 15 heteroatoms. The van der Waals surface area contributed by atoms with Crippen LogP contribution in [0.3, 0.4) is 0 Å². The van der Waals surface area contributed by atoms with Crippen molar-refractivity contribution in [2.24, 2.45) is 0 Å². The highest BCUT2D eigenvalue weighted by Gasteiger charge is 2.46. The van der Waals surface area contributed by atoms with Crippen molar-refractivity contribution in [3.8, 4) is 16.9 Å². The van der Waals surface area contributed by atoms with Crippen LogP contribution in [0.2, 0.25) is 10.0 Å². The van der Waals surface area contributed by atoms with E-state index in [9.17, 15) is 32.3 Å². The predicted octanol–water partition coefficient (Wildman–Crippen LogP) is 6.60. The average Bonchev–Trinajstić information content (AvgIpc) is 2.96. The van der Waals surface area contributed by atoms with E-state index in [1.165, 1.54) is 0 Å². The summed E-state index contributed by atoms with van der Waals surface area (Å²) in [5.41, 5.74) is 0.176. The van der Waals surface area contributed by atoms with Crippen LogP contribution in [0.1, 0.15) is 27.9 Å². The van der Waals surface area contributed by atoms with E-state index in [2.05, 4.69) is 5.32 Å². The van der Waals surface area contributed by atoms with Gasteiger partial charge >= 0.3 is 12.1 Å². The summed E-state index contributed by atoms with van der Waals surface area (Å²) < 4.78 is 95.2. The molecule has 240 valence electrons. The zero-order chi connectivity index (χ0) is 32.6. The lowest BCUT2D eigenvalue weighted by atomic mass is 9.90. The molecule has 0 spiro atoms. The summed E-state index contributed by atoms with van der Waals surface area (Å²) in [6.07, 6.45) is -4.06. The Morgan fingerprint density at radius 3 is 2.33 bits per heavy atom. The number of carboxylic acids is 1. The van der Waals surface area contributed by atoms with E-state index in [4.69, 9.17) is 32.7 Å². The van der Waals surface area contributed by atoms with Gasteiger partial charge in [0.25, 0.3) is 5.91 Å². The van der Waals surface area contributed by atoms with Crippen molar-refractivity contribution < 1.29 is 50.5 Å².